The third-order valence-corrected chi connectivity index (χ3v) is 24.3. The molecule has 6 aromatic carbocycles. The van der Waals surface area contributed by atoms with Gasteiger partial charge in [-0.1, -0.05) is 168 Å². The highest BCUT2D eigenvalue weighted by atomic mass is 35.5. The van der Waals surface area contributed by atoms with Crippen LogP contribution in [0, 0.1) is 43.4 Å². The Morgan fingerprint density at radius 2 is 0.783 bits per heavy atom. The Morgan fingerprint density at radius 3 is 1.08 bits per heavy atom. The van der Waals surface area contributed by atoms with E-state index in [1.807, 2.05) is 21.9 Å². The van der Waals surface area contributed by atoms with Gasteiger partial charge in [0.15, 0.2) is 5.75 Å². The lowest BCUT2D eigenvalue weighted by Crippen LogP contribution is -2.60. The number of nitrogens with one attached hydrogen (secondary N) is 1. The molecule has 0 spiro atoms. The fourth-order valence-electron chi connectivity index (χ4n) is 14.3. The van der Waals surface area contributed by atoms with Crippen LogP contribution in [0.4, 0.5) is 11.6 Å². The summed E-state index contributed by atoms with van der Waals surface area (Å²) in [6.45, 7) is 8.55. The maximum atomic E-state index is 11.3. The number of aliphatic hydroxyl groups is 3. The summed E-state index contributed by atoms with van der Waals surface area (Å²) in [5.41, 5.74) is 7.81. The van der Waals surface area contributed by atoms with Gasteiger partial charge < -0.3 is 63.0 Å². The van der Waals surface area contributed by atoms with Crippen LogP contribution in [0.5, 0.6) is 23.0 Å². The Balaban J connectivity index is 0.000000140. The molecule has 4 N–H and O–H groups in total. The molecule has 6 aromatic heterocycles. The Morgan fingerprint density at radius 1 is 0.450 bits per heavy atom. The van der Waals surface area contributed by atoms with E-state index >= 15 is 0 Å². The molecule has 0 bridgehead atoms. The molecule has 33 heteroatoms. The fraction of sp³-hybridized carbons (Fsp3) is 0.276. The van der Waals surface area contributed by atoms with E-state index in [-0.39, 0.29) is 32.2 Å². The molecule has 12 aromatic rings. The van der Waals surface area contributed by atoms with Gasteiger partial charge in [0.05, 0.1) is 116 Å². The second kappa shape index (κ2) is 36.9. The number of halogens is 11. The van der Waals surface area contributed by atoms with E-state index < -0.39 is 16.8 Å². The van der Waals surface area contributed by atoms with Crippen molar-refractivity contribution in [3.05, 3.63) is 275 Å². The summed E-state index contributed by atoms with van der Waals surface area (Å²) < 4.78 is 40.3. The van der Waals surface area contributed by atoms with Gasteiger partial charge >= 0.3 is 0 Å². The highest BCUT2D eigenvalue weighted by Gasteiger charge is 2.47. The maximum absolute atomic E-state index is 11.3. The van der Waals surface area contributed by atoms with E-state index in [1.54, 1.807) is 160 Å². The number of ether oxygens (including phenoxy) is 4. The normalized spacial score (nSPS) is 15.7. The van der Waals surface area contributed by atoms with Crippen LogP contribution in [0.25, 0.3) is 33.8 Å². The van der Waals surface area contributed by atoms with Crippen molar-refractivity contribution in [3.63, 3.8) is 0 Å². The zero-order valence-electron chi connectivity index (χ0n) is 64.0. The van der Waals surface area contributed by atoms with Crippen molar-refractivity contribution >= 4 is 147 Å². The van der Waals surface area contributed by atoms with Gasteiger partial charge in [-0.25, -0.2) is 15.0 Å². The number of anilines is 2. The topological polar surface area (TPSA) is 298 Å². The minimum absolute atomic E-state index is 0. The van der Waals surface area contributed by atoms with E-state index in [0.29, 0.717) is 227 Å². The van der Waals surface area contributed by atoms with Crippen LogP contribution in [-0.4, -0.2) is 91.5 Å². The molecule has 3 saturated carbocycles. The first-order valence-corrected chi connectivity index (χ1v) is 41.5. The number of pyridine rings is 3. The van der Waals surface area contributed by atoms with Gasteiger partial charge in [-0.15, -0.1) is 12.4 Å². The van der Waals surface area contributed by atoms with Crippen molar-refractivity contribution in [2.24, 2.45) is 0 Å². The van der Waals surface area contributed by atoms with Crippen LogP contribution in [0.15, 0.2) is 159 Å². The highest BCUT2D eigenvalue weighted by Crippen LogP contribution is 2.51. The van der Waals surface area contributed by atoms with Gasteiger partial charge in [-0.3, -0.25) is 4.79 Å². The van der Waals surface area contributed by atoms with Gasteiger partial charge in [0, 0.05) is 64.2 Å². The molecule has 3 aliphatic carbocycles. The first-order chi connectivity index (χ1) is 57.2. The quantitative estimate of drug-likeness (QED) is 0.0362. The number of hydrogen-bond acceptors (Lipinski definition) is 22. The Kier molecular flexibility index (Phi) is 26.8. The minimum atomic E-state index is -1.15. The van der Waals surface area contributed by atoms with E-state index in [0.717, 1.165) is 72.5 Å². The van der Waals surface area contributed by atoms with Crippen LogP contribution >= 0.6 is 128 Å². The lowest BCUT2D eigenvalue weighted by molar-refractivity contribution is -0.120. The van der Waals surface area contributed by atoms with Gasteiger partial charge in [-0.05, 0) is 168 Å². The summed E-state index contributed by atoms with van der Waals surface area (Å²) in [6, 6.07) is 46.2. The molecule has 0 radical (unpaired) electrons. The summed E-state index contributed by atoms with van der Waals surface area (Å²) in [6.07, 6.45) is 6.24. The maximum Gasteiger partial charge on any atom is 0.298 e. The molecule has 6 fully saturated rings. The Hall–Kier alpha value is -9.12. The third kappa shape index (κ3) is 18.9. The SMILES string of the molecule is Cc1nc(Cl)ccc1C#N.Cc1nc(N2CC(O)(c3ccc(OCc4c(-c5c(Cl)cccc5Cl)noc4C4CC4)cc3Cl)C2)ccc1C#N.Cc1nc(N2CC(O)(c3ccc(OCc4c(-c5c(Cl)cccc5Cl)noc4C4CC4)cc3Cl)C2)ccc1OC=O.Cl.OC1(c2ccc(OCc3c(-c4c(Cl)cccc4Cl)noc3C3CC3)cc2Cl)CNC1. The van der Waals surface area contributed by atoms with Crippen LogP contribution in [0.1, 0.15) is 135 Å². The number of nitrogens with zero attached hydrogens (tertiary/aromatic N) is 10. The lowest BCUT2D eigenvalue weighted by atomic mass is 9.86. The second-order valence-electron chi connectivity index (χ2n) is 29.7. The molecule has 0 atom stereocenters. The summed E-state index contributed by atoms with van der Waals surface area (Å²) >= 11 is 63.9. The first-order valence-electron chi connectivity index (χ1n) is 37.7. The van der Waals surface area contributed by atoms with Crippen molar-refractivity contribution in [2.75, 3.05) is 49.1 Å². The Labute approximate surface area is 745 Å². The van der Waals surface area contributed by atoms with Crippen LogP contribution in [0.2, 0.25) is 50.4 Å². The Bertz CT molecular complexity index is 5890. The molecule has 0 amide bonds. The number of nitriles is 2. The molecule has 3 saturated heterocycles. The van der Waals surface area contributed by atoms with Crippen LogP contribution < -0.4 is 34.1 Å². The van der Waals surface area contributed by atoms with Crippen molar-refractivity contribution in [3.8, 4) is 68.9 Å². The average Bonchev–Trinajstić information content (AvgIpc) is 1.30. The predicted molar refractivity (Wildman–Crippen MR) is 463 cm³/mol. The number of β-amino-alcohol motifs (C(OH)–C–C–N with tert-alkyl or cyclic N) is 3. The van der Waals surface area contributed by atoms with Gasteiger partial charge in [-0.2, -0.15) is 10.5 Å². The number of aryl methyl sites for hydroxylation is 3. The molecule has 22 nitrogen and oxygen atoms in total. The van der Waals surface area contributed by atoms with Crippen LogP contribution in [-0.2, 0) is 41.4 Å². The summed E-state index contributed by atoms with van der Waals surface area (Å²) in [5, 5.41) is 71.3. The van der Waals surface area contributed by atoms with E-state index in [4.69, 9.17) is 159 Å². The van der Waals surface area contributed by atoms with Crippen molar-refractivity contribution in [2.45, 2.75) is 114 Å². The van der Waals surface area contributed by atoms with Gasteiger partial charge in [0.25, 0.3) is 6.47 Å². The molecule has 6 aliphatic rings. The van der Waals surface area contributed by atoms with Gasteiger partial charge in [0.2, 0.25) is 0 Å². The zero-order valence-corrected chi connectivity index (χ0v) is 72.4. The molecule has 9 heterocycles. The number of rotatable bonds is 22. The number of carbonyl (C=O) groups is 1. The molecule has 618 valence electrons. The fourth-order valence-corrected chi connectivity index (χ4v) is 17.2. The molecule has 0 unspecified atom stereocenters. The van der Waals surface area contributed by atoms with Gasteiger partial charge in [0.1, 0.15) is 117 Å². The summed E-state index contributed by atoms with van der Waals surface area (Å²) in [7, 11) is 0. The van der Waals surface area contributed by atoms with Crippen molar-refractivity contribution < 1.29 is 52.6 Å². The minimum Gasteiger partial charge on any atom is -0.489 e. The van der Waals surface area contributed by atoms with Crippen molar-refractivity contribution in [1.29, 1.82) is 10.5 Å². The summed E-state index contributed by atoms with van der Waals surface area (Å²) in [4.78, 5) is 27.3. The van der Waals surface area contributed by atoms with E-state index in [9.17, 15) is 20.1 Å². The molecule has 18 rings (SSSR count). The molecule has 120 heavy (non-hydrogen) atoms. The first kappa shape index (κ1) is 87.2. The van der Waals surface area contributed by atoms with E-state index in [1.165, 1.54) is 0 Å². The third-order valence-electron chi connectivity index (χ3n) is 21.2. The second-order valence-corrected chi connectivity index (χ2v) is 33.7. The molecule has 3 aliphatic heterocycles. The lowest BCUT2D eigenvalue weighted by Gasteiger charge is -2.47. The zero-order chi connectivity index (χ0) is 83.8. The van der Waals surface area contributed by atoms with Crippen molar-refractivity contribution in [1.82, 2.24) is 35.7 Å². The monoisotopic (exact) mass is 1830 g/mol. The van der Waals surface area contributed by atoms with E-state index in [2.05, 4.69) is 41.8 Å². The smallest absolute Gasteiger partial charge is 0.298 e. The summed E-state index contributed by atoms with van der Waals surface area (Å²) in [5.74, 6) is 6.81. The number of carbonyl (C=O) groups excluding carboxylic acids is 1. The van der Waals surface area contributed by atoms with Crippen LogP contribution in [0.3, 0.4) is 0 Å². The molecular formula is C87H72Cl11N11O11. The predicted octanol–water partition coefficient (Wildman–Crippen LogP) is 21.6. The standard InChI is InChI=1S/C29H23Cl3N4O3.C29H24Cl3N3O5.C22H19Cl3N2O3.C7H5ClN2.ClH/c1-16-18(12-33)7-10-25(34-16)36-14-29(37,15-36)21-9-8-19(11-24(21)32)38-13-20-27(35-39-28(20)17-5-6-17)26-22(30)3-2-4-23(26)31;1-16-24(39-15-36)9-10-25(33-16)35-13-29(37,14-35)20-8-7-18(11-23(20)32)38-12-19-27(34-40-28(19)17-5-6-17)26-21(30)3-2-4-22(26)31;23-16-2-1-3-17(24)19(16)20-14(21(30-27-20)12-4-5-12)9-29-13-6-7-15(18(25)8-13)22(28)10-26-11-22;1-5-6(4-9)2-3-7(8)10-5;/h2-4,7-11,17,37H,5-6,13-15H2,1H3;2-4,7-11,15,17,37H,5-6,12-14H2,1H3;1-3,6-8,12,26,28H,4-5,9-11H2;2-3H,1H3;1H. The number of aromatic nitrogens is 6. The highest BCUT2D eigenvalue weighted by molar-refractivity contribution is 6.40. The molecular weight excluding hydrogens is 1770 g/mol. The largest absolute Gasteiger partial charge is 0.489 e. The number of hydrogen-bond donors (Lipinski definition) is 4. The number of benzene rings is 6. The average molecular weight is 1840 g/mol.